The highest BCUT2D eigenvalue weighted by Gasteiger charge is 2.01. The smallest absolute Gasteiger partial charge is 0.258 e. The van der Waals surface area contributed by atoms with E-state index in [1.54, 1.807) is 24.4 Å². The Morgan fingerprint density at radius 1 is 1.19 bits per heavy atom. The number of hydrogen-bond donors (Lipinski definition) is 0. The van der Waals surface area contributed by atoms with E-state index < -0.39 is 0 Å². The van der Waals surface area contributed by atoms with E-state index in [1.165, 1.54) is 29.9 Å². The van der Waals surface area contributed by atoms with Gasteiger partial charge in [0.2, 0.25) is 0 Å². The Morgan fingerprint density at radius 2 is 1.88 bits per heavy atom. The number of benzene rings is 1. The Kier molecular flexibility index (Phi) is 2.72. The summed E-state index contributed by atoms with van der Waals surface area (Å²) in [4.78, 5) is 11.7. The van der Waals surface area contributed by atoms with E-state index in [0.717, 1.165) is 0 Å². The van der Waals surface area contributed by atoms with Crippen LogP contribution in [0.2, 0.25) is 0 Å². The number of ether oxygens (including phenoxy) is 1. The van der Waals surface area contributed by atoms with Crippen LogP contribution in [0, 0.1) is 5.82 Å². The van der Waals surface area contributed by atoms with Crippen molar-refractivity contribution in [1.82, 2.24) is 4.57 Å². The Balaban J connectivity index is 2.48. The Hall–Kier alpha value is -2.10. The second-order valence-corrected chi connectivity index (χ2v) is 3.25. The third-order valence-electron chi connectivity index (χ3n) is 2.23. The molecule has 0 aliphatic rings. The molecule has 1 heterocycles. The van der Waals surface area contributed by atoms with Crippen molar-refractivity contribution in [2.24, 2.45) is 0 Å². The zero-order valence-electron chi connectivity index (χ0n) is 8.68. The van der Waals surface area contributed by atoms with E-state index in [0.29, 0.717) is 11.4 Å². The van der Waals surface area contributed by atoms with Crippen LogP contribution in [0.15, 0.2) is 47.4 Å². The summed E-state index contributed by atoms with van der Waals surface area (Å²) in [5.74, 6) is 0.175. The zero-order valence-corrected chi connectivity index (χ0v) is 8.68. The molecule has 0 N–H and O–H groups in total. The Labute approximate surface area is 91.7 Å². The van der Waals surface area contributed by atoms with Crippen LogP contribution in [0.3, 0.4) is 0 Å². The largest absolute Gasteiger partial charge is 0.497 e. The SMILES string of the molecule is COc1ccn(-c2ccc(F)cc2)c(=O)c1. The van der Waals surface area contributed by atoms with Crippen LogP contribution >= 0.6 is 0 Å². The highest BCUT2D eigenvalue weighted by molar-refractivity contribution is 5.33. The van der Waals surface area contributed by atoms with Crippen molar-refractivity contribution >= 4 is 0 Å². The van der Waals surface area contributed by atoms with Gasteiger partial charge < -0.3 is 4.74 Å². The van der Waals surface area contributed by atoms with Crippen molar-refractivity contribution in [2.75, 3.05) is 7.11 Å². The highest BCUT2D eigenvalue weighted by Crippen LogP contribution is 2.09. The number of hydrogen-bond acceptors (Lipinski definition) is 2. The molecular formula is C12H10FNO2. The van der Waals surface area contributed by atoms with Gasteiger partial charge in [-0.2, -0.15) is 0 Å². The molecule has 2 rings (SSSR count). The lowest BCUT2D eigenvalue weighted by atomic mass is 10.3. The normalized spacial score (nSPS) is 10.1. The van der Waals surface area contributed by atoms with Crippen LogP contribution < -0.4 is 10.3 Å². The fourth-order valence-corrected chi connectivity index (χ4v) is 1.40. The van der Waals surface area contributed by atoms with E-state index in [9.17, 15) is 9.18 Å². The Bertz CT molecular complexity index is 546. The van der Waals surface area contributed by atoms with Gasteiger partial charge in [0, 0.05) is 18.0 Å². The van der Waals surface area contributed by atoms with E-state index in [4.69, 9.17) is 4.74 Å². The van der Waals surface area contributed by atoms with Gasteiger partial charge in [0.25, 0.3) is 5.56 Å². The molecule has 2 aromatic rings. The molecule has 0 radical (unpaired) electrons. The van der Waals surface area contributed by atoms with E-state index in [2.05, 4.69) is 0 Å². The molecule has 0 spiro atoms. The van der Waals surface area contributed by atoms with E-state index in [1.807, 2.05) is 0 Å². The van der Waals surface area contributed by atoms with Crippen LogP contribution in [0.1, 0.15) is 0 Å². The minimum absolute atomic E-state index is 0.217. The van der Waals surface area contributed by atoms with Gasteiger partial charge in [0.1, 0.15) is 11.6 Å². The summed E-state index contributed by atoms with van der Waals surface area (Å²) in [6.07, 6.45) is 1.59. The maximum absolute atomic E-state index is 12.7. The first kappa shape index (κ1) is 10.4. The fraction of sp³-hybridized carbons (Fsp3) is 0.0833. The molecule has 1 aromatic carbocycles. The molecule has 1 aromatic heterocycles. The summed E-state index contributed by atoms with van der Waals surface area (Å²) >= 11 is 0. The molecule has 0 aliphatic heterocycles. The first-order valence-corrected chi connectivity index (χ1v) is 4.73. The summed E-state index contributed by atoms with van der Waals surface area (Å²) in [5.41, 5.74) is 0.403. The van der Waals surface area contributed by atoms with E-state index >= 15 is 0 Å². The molecule has 0 atom stereocenters. The molecule has 0 saturated carbocycles. The quantitative estimate of drug-likeness (QED) is 0.773. The lowest BCUT2D eigenvalue weighted by Crippen LogP contribution is -2.16. The summed E-state index contributed by atoms with van der Waals surface area (Å²) in [6, 6.07) is 8.76. The first-order chi connectivity index (χ1) is 7.70. The maximum atomic E-state index is 12.7. The van der Waals surface area contributed by atoms with Crippen LogP contribution in [-0.2, 0) is 0 Å². The molecule has 0 unspecified atom stereocenters. The maximum Gasteiger partial charge on any atom is 0.258 e. The van der Waals surface area contributed by atoms with Crippen molar-refractivity contribution in [3.8, 4) is 11.4 Å². The van der Waals surface area contributed by atoms with Crippen molar-refractivity contribution in [2.45, 2.75) is 0 Å². The first-order valence-electron chi connectivity index (χ1n) is 4.73. The molecule has 0 saturated heterocycles. The third kappa shape index (κ3) is 1.95. The van der Waals surface area contributed by atoms with Crippen LogP contribution in [-0.4, -0.2) is 11.7 Å². The molecule has 0 aliphatic carbocycles. The van der Waals surface area contributed by atoms with Gasteiger partial charge in [-0.3, -0.25) is 9.36 Å². The van der Waals surface area contributed by atoms with Crippen molar-refractivity contribution in [1.29, 1.82) is 0 Å². The molecule has 3 nitrogen and oxygen atoms in total. The fourth-order valence-electron chi connectivity index (χ4n) is 1.40. The van der Waals surface area contributed by atoms with Gasteiger partial charge in [-0.1, -0.05) is 0 Å². The second kappa shape index (κ2) is 4.18. The number of nitrogens with zero attached hydrogens (tertiary/aromatic N) is 1. The number of methoxy groups -OCH3 is 1. The Morgan fingerprint density at radius 3 is 2.44 bits per heavy atom. The number of pyridine rings is 1. The highest BCUT2D eigenvalue weighted by atomic mass is 19.1. The molecule has 0 fully saturated rings. The molecular weight excluding hydrogens is 209 g/mol. The standard InChI is InChI=1S/C12H10FNO2/c1-16-11-6-7-14(12(15)8-11)10-4-2-9(13)3-5-10/h2-8H,1H3. The minimum Gasteiger partial charge on any atom is -0.497 e. The molecule has 4 heteroatoms. The summed E-state index contributed by atoms with van der Waals surface area (Å²) in [7, 11) is 1.50. The number of halogens is 1. The average Bonchev–Trinajstić information content (AvgIpc) is 2.30. The van der Waals surface area contributed by atoms with Crippen molar-refractivity contribution in [3.63, 3.8) is 0 Å². The molecule has 82 valence electrons. The van der Waals surface area contributed by atoms with Gasteiger partial charge in [0.05, 0.1) is 7.11 Å². The van der Waals surface area contributed by atoms with Crippen molar-refractivity contribution < 1.29 is 9.13 Å². The predicted molar refractivity (Wildman–Crippen MR) is 58.5 cm³/mol. The summed E-state index contributed by atoms with van der Waals surface area (Å²) in [5, 5.41) is 0. The molecule has 16 heavy (non-hydrogen) atoms. The monoisotopic (exact) mass is 219 g/mol. The van der Waals surface area contributed by atoms with Crippen LogP contribution in [0.4, 0.5) is 4.39 Å². The second-order valence-electron chi connectivity index (χ2n) is 3.25. The predicted octanol–water partition coefficient (Wildman–Crippen LogP) is 1.99. The van der Waals surface area contributed by atoms with E-state index in [-0.39, 0.29) is 11.4 Å². The van der Waals surface area contributed by atoms with Gasteiger partial charge in [-0.05, 0) is 30.3 Å². The van der Waals surface area contributed by atoms with Crippen LogP contribution in [0.25, 0.3) is 5.69 Å². The average molecular weight is 219 g/mol. The van der Waals surface area contributed by atoms with Gasteiger partial charge >= 0.3 is 0 Å². The van der Waals surface area contributed by atoms with Gasteiger partial charge in [-0.25, -0.2) is 4.39 Å². The van der Waals surface area contributed by atoms with Crippen LogP contribution in [0.5, 0.6) is 5.75 Å². The van der Waals surface area contributed by atoms with Crippen molar-refractivity contribution in [3.05, 3.63) is 58.8 Å². The topological polar surface area (TPSA) is 31.2 Å². The summed E-state index contributed by atoms with van der Waals surface area (Å²) in [6.45, 7) is 0. The lowest BCUT2D eigenvalue weighted by molar-refractivity contribution is 0.413. The third-order valence-corrected chi connectivity index (χ3v) is 2.23. The van der Waals surface area contributed by atoms with Gasteiger partial charge in [-0.15, -0.1) is 0 Å². The minimum atomic E-state index is -0.328. The molecule has 0 amide bonds. The number of rotatable bonds is 2. The lowest BCUT2D eigenvalue weighted by Gasteiger charge is -2.06. The molecule has 0 bridgehead atoms. The summed E-state index contributed by atoms with van der Waals surface area (Å²) < 4.78 is 19.1. The number of aromatic nitrogens is 1. The zero-order chi connectivity index (χ0) is 11.5. The van der Waals surface area contributed by atoms with Gasteiger partial charge in [0.15, 0.2) is 0 Å².